The van der Waals surface area contributed by atoms with Crippen molar-refractivity contribution in [1.29, 1.82) is 0 Å². The molecule has 1 aliphatic rings. The van der Waals surface area contributed by atoms with Gasteiger partial charge in [-0.2, -0.15) is 5.10 Å². The summed E-state index contributed by atoms with van der Waals surface area (Å²) in [5.74, 6) is 1.77. The van der Waals surface area contributed by atoms with Crippen LogP contribution in [-0.4, -0.2) is 39.9 Å². The average molecular weight is 414 g/mol. The first kappa shape index (κ1) is 19.4. The third kappa shape index (κ3) is 3.57. The summed E-state index contributed by atoms with van der Waals surface area (Å²) in [4.78, 5) is 18.1. The van der Waals surface area contributed by atoms with Crippen LogP contribution in [0.25, 0.3) is 11.3 Å². The largest absolute Gasteiger partial charge is 0.496 e. The Morgan fingerprint density at radius 1 is 1.28 bits per heavy atom. The van der Waals surface area contributed by atoms with Gasteiger partial charge in [0.15, 0.2) is 0 Å². The second-order valence-electron chi connectivity index (χ2n) is 7.17. The van der Waals surface area contributed by atoms with Crippen LogP contribution in [0.2, 0.25) is 0 Å². The topological polar surface area (TPSA) is 86.3 Å². The number of nitrogens with zero attached hydrogens (tertiary/aromatic N) is 5. The van der Waals surface area contributed by atoms with Gasteiger partial charge in [-0.05, 0) is 31.9 Å². The van der Waals surface area contributed by atoms with Crippen molar-refractivity contribution in [2.75, 3.05) is 25.1 Å². The molecule has 152 valence electrons. The van der Waals surface area contributed by atoms with Gasteiger partial charge in [0.05, 0.1) is 22.7 Å². The van der Waals surface area contributed by atoms with Crippen LogP contribution in [-0.2, 0) is 7.05 Å². The van der Waals surface area contributed by atoms with Crippen molar-refractivity contribution in [1.82, 2.24) is 14.8 Å². The van der Waals surface area contributed by atoms with E-state index in [4.69, 9.17) is 9.72 Å². The van der Waals surface area contributed by atoms with Crippen LogP contribution in [0.1, 0.15) is 29.5 Å². The van der Waals surface area contributed by atoms with Crippen LogP contribution in [0.4, 0.5) is 11.5 Å². The molecule has 0 atom stereocenters. The van der Waals surface area contributed by atoms with Gasteiger partial charge in [0.25, 0.3) is 0 Å². The van der Waals surface area contributed by atoms with Crippen LogP contribution in [0.5, 0.6) is 5.75 Å². The number of hydrogen-bond donors (Lipinski definition) is 0. The number of hydrogen-bond acceptors (Lipinski definition) is 7. The minimum absolute atomic E-state index is 0.110. The molecule has 3 heterocycles. The van der Waals surface area contributed by atoms with E-state index in [1.165, 1.54) is 0 Å². The lowest BCUT2D eigenvalue weighted by Crippen LogP contribution is -2.34. The van der Waals surface area contributed by atoms with E-state index >= 15 is 0 Å². The maximum absolute atomic E-state index is 11.5. The summed E-state index contributed by atoms with van der Waals surface area (Å²) in [7, 11) is 3.43. The van der Waals surface area contributed by atoms with Crippen molar-refractivity contribution in [3.05, 3.63) is 50.5 Å². The normalized spacial score (nSPS) is 14.9. The molecule has 0 bridgehead atoms. The quantitative estimate of drug-likeness (QED) is 0.461. The summed E-state index contributed by atoms with van der Waals surface area (Å²) < 4.78 is 7.08. The zero-order chi connectivity index (χ0) is 20.5. The average Bonchev–Trinajstić information content (AvgIpc) is 3.32. The number of para-hydroxylation sites is 1. The molecular formula is C20H23N5O3S. The molecule has 29 heavy (non-hydrogen) atoms. The minimum Gasteiger partial charge on any atom is -0.496 e. The first-order valence-corrected chi connectivity index (χ1v) is 10.4. The number of ether oxygens (including phenoxy) is 1. The maximum atomic E-state index is 11.5. The molecule has 3 aromatic rings. The number of methoxy groups -OCH3 is 1. The third-order valence-corrected chi connectivity index (χ3v) is 6.40. The summed E-state index contributed by atoms with van der Waals surface area (Å²) in [5, 5.41) is 18.9. The summed E-state index contributed by atoms with van der Waals surface area (Å²) >= 11 is 1.67. The van der Waals surface area contributed by atoms with Gasteiger partial charge in [0.1, 0.15) is 11.4 Å². The molecule has 0 spiro atoms. The second-order valence-corrected chi connectivity index (χ2v) is 8.06. The van der Waals surface area contributed by atoms with Crippen LogP contribution in [0.15, 0.2) is 29.6 Å². The fourth-order valence-corrected chi connectivity index (χ4v) is 4.99. The Morgan fingerprint density at radius 3 is 2.69 bits per heavy atom. The first-order chi connectivity index (χ1) is 14.0. The summed E-state index contributed by atoms with van der Waals surface area (Å²) in [6, 6.07) is 7.89. The maximum Gasteiger partial charge on any atom is 0.333 e. The van der Waals surface area contributed by atoms with Crippen LogP contribution in [0, 0.1) is 17.0 Å². The van der Waals surface area contributed by atoms with Crippen LogP contribution < -0.4 is 9.64 Å². The molecule has 1 aromatic carbocycles. The molecule has 9 heteroatoms. The third-order valence-electron chi connectivity index (χ3n) is 5.39. The molecule has 2 aromatic heterocycles. The number of anilines is 1. The van der Waals surface area contributed by atoms with Crippen molar-refractivity contribution in [2.45, 2.75) is 25.7 Å². The van der Waals surface area contributed by atoms with E-state index in [9.17, 15) is 10.1 Å². The molecule has 1 fully saturated rings. The monoisotopic (exact) mass is 413 g/mol. The molecule has 8 nitrogen and oxygen atoms in total. The van der Waals surface area contributed by atoms with Gasteiger partial charge in [0.2, 0.25) is 5.82 Å². The van der Waals surface area contributed by atoms with Crippen molar-refractivity contribution in [3.63, 3.8) is 0 Å². The molecular weight excluding hydrogens is 390 g/mol. The van der Waals surface area contributed by atoms with Gasteiger partial charge in [-0.25, -0.2) is 9.67 Å². The highest BCUT2D eigenvalue weighted by Crippen LogP contribution is 2.38. The molecule has 0 N–H and O–H groups in total. The fourth-order valence-electron chi connectivity index (χ4n) is 4.00. The number of piperidine rings is 1. The standard InChI is InChI=1S/C20H23N5O3S/c1-13-18(25(26)27)20(23(2)22-13)24-10-8-14(9-11-24)19-21-16(12-29-19)15-6-4-5-7-17(15)28-3/h4-7,12,14H,8-11H2,1-3H3. The zero-order valence-electron chi connectivity index (χ0n) is 16.7. The van der Waals surface area contributed by atoms with Gasteiger partial charge < -0.3 is 9.64 Å². The molecule has 4 rings (SSSR count). The summed E-state index contributed by atoms with van der Waals surface area (Å²) in [6.45, 7) is 3.17. The Morgan fingerprint density at radius 2 is 2.00 bits per heavy atom. The lowest BCUT2D eigenvalue weighted by atomic mass is 9.97. The van der Waals surface area contributed by atoms with E-state index < -0.39 is 0 Å². The number of rotatable bonds is 5. The second kappa shape index (κ2) is 7.82. The smallest absolute Gasteiger partial charge is 0.333 e. The van der Waals surface area contributed by atoms with E-state index in [-0.39, 0.29) is 10.6 Å². The highest BCUT2D eigenvalue weighted by Gasteiger charge is 2.32. The molecule has 1 aliphatic heterocycles. The predicted octanol–water partition coefficient (Wildman–Crippen LogP) is 4.15. The minimum atomic E-state index is -0.329. The molecule has 0 saturated carbocycles. The summed E-state index contributed by atoms with van der Waals surface area (Å²) in [6.07, 6.45) is 1.81. The summed E-state index contributed by atoms with van der Waals surface area (Å²) in [5.41, 5.74) is 2.49. The molecule has 0 radical (unpaired) electrons. The number of thiazole rings is 1. The fraction of sp³-hybridized carbons (Fsp3) is 0.400. The van der Waals surface area contributed by atoms with Gasteiger partial charge in [-0.15, -0.1) is 11.3 Å². The zero-order valence-corrected chi connectivity index (χ0v) is 17.5. The Bertz CT molecular complexity index is 1040. The number of aryl methyl sites for hydroxylation is 2. The van der Waals surface area contributed by atoms with Gasteiger partial charge in [0, 0.05) is 37.0 Å². The first-order valence-electron chi connectivity index (χ1n) is 9.51. The van der Waals surface area contributed by atoms with E-state index in [0.29, 0.717) is 17.4 Å². The Hall–Kier alpha value is -2.94. The van der Waals surface area contributed by atoms with E-state index in [0.717, 1.165) is 47.9 Å². The molecule has 0 unspecified atom stereocenters. The van der Waals surface area contributed by atoms with Crippen molar-refractivity contribution >= 4 is 22.8 Å². The molecule has 0 amide bonds. The number of aromatic nitrogens is 3. The molecule has 1 saturated heterocycles. The SMILES string of the molecule is COc1ccccc1-c1csc(C2CCN(c3c([N+](=O)[O-])c(C)nn3C)CC2)n1. The van der Waals surface area contributed by atoms with Crippen LogP contribution >= 0.6 is 11.3 Å². The lowest BCUT2D eigenvalue weighted by Gasteiger charge is -2.31. The van der Waals surface area contributed by atoms with E-state index in [1.54, 1.807) is 37.1 Å². The van der Waals surface area contributed by atoms with Gasteiger partial charge in [-0.1, -0.05) is 12.1 Å². The van der Waals surface area contributed by atoms with Crippen molar-refractivity contribution in [2.24, 2.45) is 7.05 Å². The van der Waals surface area contributed by atoms with E-state index in [1.807, 2.05) is 24.3 Å². The van der Waals surface area contributed by atoms with Crippen molar-refractivity contribution < 1.29 is 9.66 Å². The van der Waals surface area contributed by atoms with E-state index in [2.05, 4.69) is 15.4 Å². The molecule has 0 aliphatic carbocycles. The number of nitro groups is 1. The highest BCUT2D eigenvalue weighted by atomic mass is 32.1. The predicted molar refractivity (Wildman–Crippen MR) is 113 cm³/mol. The lowest BCUT2D eigenvalue weighted by molar-refractivity contribution is -0.384. The van der Waals surface area contributed by atoms with Crippen LogP contribution in [0.3, 0.4) is 0 Å². The number of benzene rings is 1. The Kier molecular flexibility index (Phi) is 5.23. The van der Waals surface area contributed by atoms with Gasteiger partial charge in [-0.3, -0.25) is 10.1 Å². The Labute approximate surface area is 172 Å². The Balaban J connectivity index is 1.50. The van der Waals surface area contributed by atoms with Crippen molar-refractivity contribution in [3.8, 4) is 17.0 Å². The van der Waals surface area contributed by atoms with Gasteiger partial charge >= 0.3 is 5.69 Å². The highest BCUT2D eigenvalue weighted by molar-refractivity contribution is 7.10.